The van der Waals surface area contributed by atoms with Gasteiger partial charge in [0.15, 0.2) is 0 Å². The molecule has 1 aromatic carbocycles. The summed E-state index contributed by atoms with van der Waals surface area (Å²) >= 11 is 0. The first-order valence-electron chi connectivity index (χ1n) is 6.56. The van der Waals surface area contributed by atoms with E-state index in [2.05, 4.69) is 9.46 Å². The van der Waals surface area contributed by atoms with Crippen LogP contribution in [0.15, 0.2) is 24.3 Å². The first-order chi connectivity index (χ1) is 10.2. The second-order valence-corrected chi connectivity index (χ2v) is 6.88. The Morgan fingerprint density at radius 3 is 2.45 bits per heavy atom. The molecule has 2 N–H and O–H groups in total. The van der Waals surface area contributed by atoms with E-state index in [9.17, 15) is 18.0 Å². The third-order valence-corrected chi connectivity index (χ3v) is 4.27. The number of rotatable bonds is 7. The van der Waals surface area contributed by atoms with Crippen LogP contribution in [-0.4, -0.2) is 38.6 Å². The van der Waals surface area contributed by atoms with Gasteiger partial charge in [0.2, 0.25) is 10.0 Å². The molecule has 0 saturated carbocycles. The fraction of sp³-hybridized carbons (Fsp3) is 0.429. The van der Waals surface area contributed by atoms with Gasteiger partial charge in [0, 0.05) is 0 Å². The van der Waals surface area contributed by atoms with E-state index in [0.29, 0.717) is 5.56 Å². The summed E-state index contributed by atoms with van der Waals surface area (Å²) in [6.45, 7) is 3.22. The van der Waals surface area contributed by atoms with Crippen LogP contribution < -0.4 is 4.72 Å². The number of esters is 1. The summed E-state index contributed by atoms with van der Waals surface area (Å²) in [5.41, 5.74) is 0.595. The van der Waals surface area contributed by atoms with Gasteiger partial charge in [-0.1, -0.05) is 26.0 Å². The molecule has 1 atom stereocenters. The summed E-state index contributed by atoms with van der Waals surface area (Å²) in [7, 11) is -2.63. The largest absolute Gasteiger partial charge is 0.480 e. The molecule has 0 heterocycles. The lowest BCUT2D eigenvalue weighted by Crippen LogP contribution is -2.44. The molecule has 0 radical (unpaired) electrons. The Morgan fingerprint density at radius 2 is 1.95 bits per heavy atom. The Balaban J connectivity index is 2.93. The third-order valence-electron chi connectivity index (χ3n) is 2.94. The number of aliphatic carboxylic acids is 1. The number of carboxylic acid groups (broad SMARTS) is 1. The monoisotopic (exact) mass is 329 g/mol. The normalized spacial score (nSPS) is 12.9. The van der Waals surface area contributed by atoms with Crippen LogP contribution in [0.4, 0.5) is 0 Å². The van der Waals surface area contributed by atoms with Crippen molar-refractivity contribution in [2.24, 2.45) is 5.92 Å². The van der Waals surface area contributed by atoms with Crippen molar-refractivity contribution in [3.8, 4) is 0 Å². The maximum atomic E-state index is 12.1. The lowest BCUT2D eigenvalue weighted by molar-refractivity contribution is -0.140. The summed E-state index contributed by atoms with van der Waals surface area (Å²) in [6.07, 6.45) is 0. The number of sulfonamides is 1. The van der Waals surface area contributed by atoms with E-state index in [1.165, 1.54) is 31.4 Å². The summed E-state index contributed by atoms with van der Waals surface area (Å²) in [5, 5.41) is 9.03. The number of nitrogens with one attached hydrogen (secondary N) is 1. The highest BCUT2D eigenvalue weighted by Crippen LogP contribution is 2.11. The molecule has 0 aliphatic heterocycles. The summed E-state index contributed by atoms with van der Waals surface area (Å²) in [6, 6.07) is 4.78. The molecule has 0 spiro atoms. The Morgan fingerprint density at radius 1 is 1.32 bits per heavy atom. The van der Waals surface area contributed by atoms with Gasteiger partial charge in [-0.3, -0.25) is 4.79 Å². The lowest BCUT2D eigenvalue weighted by atomic mass is 10.1. The maximum Gasteiger partial charge on any atom is 0.337 e. The molecule has 8 heteroatoms. The second-order valence-electron chi connectivity index (χ2n) is 5.13. The molecule has 22 heavy (non-hydrogen) atoms. The van der Waals surface area contributed by atoms with Crippen LogP contribution in [0, 0.1) is 5.92 Å². The van der Waals surface area contributed by atoms with Gasteiger partial charge < -0.3 is 9.84 Å². The minimum Gasteiger partial charge on any atom is -0.480 e. The van der Waals surface area contributed by atoms with Crippen molar-refractivity contribution in [2.75, 3.05) is 7.11 Å². The quantitative estimate of drug-likeness (QED) is 0.722. The zero-order valence-electron chi connectivity index (χ0n) is 12.6. The third kappa shape index (κ3) is 5.12. The molecule has 122 valence electrons. The van der Waals surface area contributed by atoms with Gasteiger partial charge in [0.25, 0.3) is 0 Å². The molecule has 0 bridgehead atoms. The molecule has 0 unspecified atom stereocenters. The van der Waals surface area contributed by atoms with Gasteiger partial charge in [0.1, 0.15) is 6.04 Å². The van der Waals surface area contributed by atoms with Gasteiger partial charge >= 0.3 is 11.9 Å². The molecule has 1 rings (SSSR count). The van der Waals surface area contributed by atoms with Crippen LogP contribution >= 0.6 is 0 Å². The molecule has 0 saturated heterocycles. The molecular weight excluding hydrogens is 310 g/mol. The fourth-order valence-corrected chi connectivity index (χ4v) is 3.29. The Hall–Kier alpha value is -1.93. The van der Waals surface area contributed by atoms with Crippen molar-refractivity contribution in [3.05, 3.63) is 35.4 Å². The van der Waals surface area contributed by atoms with Crippen LogP contribution in [0.1, 0.15) is 29.8 Å². The SMILES string of the molecule is COC(=O)c1cccc(CS(=O)(=O)N[C@@H](C(=O)O)C(C)C)c1. The van der Waals surface area contributed by atoms with Crippen LogP contribution in [0.2, 0.25) is 0 Å². The van der Waals surface area contributed by atoms with E-state index < -0.39 is 39.7 Å². The molecule has 0 aliphatic rings. The lowest BCUT2D eigenvalue weighted by Gasteiger charge is -2.18. The first-order valence-corrected chi connectivity index (χ1v) is 8.21. The number of carboxylic acids is 1. The van der Waals surface area contributed by atoms with Crippen molar-refractivity contribution < 1.29 is 27.9 Å². The highest BCUT2D eigenvalue weighted by molar-refractivity contribution is 7.88. The summed E-state index contributed by atoms with van der Waals surface area (Å²) < 4.78 is 30.9. The predicted molar refractivity (Wildman–Crippen MR) is 79.8 cm³/mol. The van der Waals surface area contributed by atoms with E-state index >= 15 is 0 Å². The molecular formula is C14H19NO6S. The average molecular weight is 329 g/mol. The number of benzene rings is 1. The molecule has 0 amide bonds. The highest BCUT2D eigenvalue weighted by Gasteiger charge is 2.27. The van der Waals surface area contributed by atoms with Gasteiger partial charge in [-0.15, -0.1) is 0 Å². The van der Waals surface area contributed by atoms with Crippen LogP contribution in [0.25, 0.3) is 0 Å². The second kappa shape index (κ2) is 7.37. The van der Waals surface area contributed by atoms with E-state index in [0.717, 1.165) is 0 Å². The van der Waals surface area contributed by atoms with Crippen LogP contribution in [-0.2, 0) is 25.3 Å². The Kier molecular flexibility index (Phi) is 6.07. The smallest absolute Gasteiger partial charge is 0.337 e. The van der Waals surface area contributed by atoms with Crippen molar-refractivity contribution in [1.82, 2.24) is 4.72 Å². The van der Waals surface area contributed by atoms with Gasteiger partial charge in [-0.05, 0) is 23.6 Å². The number of carbonyl (C=O) groups excluding carboxylic acids is 1. The molecule has 0 aliphatic carbocycles. The fourth-order valence-electron chi connectivity index (χ4n) is 1.83. The zero-order valence-corrected chi connectivity index (χ0v) is 13.4. The standard InChI is InChI=1S/C14H19NO6S/c1-9(2)12(13(16)17)15-22(19,20)8-10-5-4-6-11(7-10)14(18)21-3/h4-7,9,12,15H,8H2,1-3H3,(H,16,17)/t12-/m1/s1. The highest BCUT2D eigenvalue weighted by atomic mass is 32.2. The van der Waals surface area contributed by atoms with Crippen molar-refractivity contribution in [2.45, 2.75) is 25.6 Å². The van der Waals surface area contributed by atoms with Crippen LogP contribution in [0.5, 0.6) is 0 Å². The Labute approximate surface area is 129 Å². The molecule has 1 aromatic rings. The summed E-state index contributed by atoms with van der Waals surface area (Å²) in [5.74, 6) is -2.62. The number of hydrogen-bond donors (Lipinski definition) is 2. The van der Waals surface area contributed by atoms with Crippen LogP contribution in [0.3, 0.4) is 0 Å². The molecule has 0 fully saturated rings. The van der Waals surface area contributed by atoms with E-state index in [1.54, 1.807) is 13.8 Å². The first kappa shape index (κ1) is 18.1. The zero-order chi connectivity index (χ0) is 16.9. The molecule has 7 nitrogen and oxygen atoms in total. The summed E-state index contributed by atoms with van der Waals surface area (Å²) in [4.78, 5) is 22.5. The van der Waals surface area contributed by atoms with E-state index in [4.69, 9.17) is 5.11 Å². The number of methoxy groups -OCH3 is 1. The number of ether oxygens (including phenoxy) is 1. The predicted octanol–water partition coefficient (Wildman–Crippen LogP) is 1.00. The maximum absolute atomic E-state index is 12.1. The number of hydrogen-bond acceptors (Lipinski definition) is 5. The van der Waals surface area contributed by atoms with Gasteiger partial charge in [0.05, 0.1) is 18.4 Å². The molecule has 0 aromatic heterocycles. The topological polar surface area (TPSA) is 110 Å². The van der Waals surface area contributed by atoms with Crippen molar-refractivity contribution in [3.63, 3.8) is 0 Å². The average Bonchev–Trinajstić information content (AvgIpc) is 2.43. The van der Waals surface area contributed by atoms with Gasteiger partial charge in [-0.25, -0.2) is 17.9 Å². The minimum atomic E-state index is -3.86. The Bertz CT molecular complexity index is 653. The van der Waals surface area contributed by atoms with Crippen molar-refractivity contribution >= 4 is 22.0 Å². The van der Waals surface area contributed by atoms with Gasteiger partial charge in [-0.2, -0.15) is 0 Å². The van der Waals surface area contributed by atoms with Crippen molar-refractivity contribution in [1.29, 1.82) is 0 Å². The van der Waals surface area contributed by atoms with E-state index in [-0.39, 0.29) is 5.56 Å². The van der Waals surface area contributed by atoms with E-state index in [1.807, 2.05) is 0 Å². The minimum absolute atomic E-state index is 0.230. The number of carbonyl (C=O) groups is 2.